The average molecular weight is 295 g/mol. The molecule has 3 rings (SSSR count). The fraction of sp³-hybridized carbons (Fsp3) is 0.294. The van der Waals surface area contributed by atoms with E-state index in [1.807, 2.05) is 19.2 Å². The van der Waals surface area contributed by atoms with Gasteiger partial charge >= 0.3 is 6.09 Å². The minimum atomic E-state index is -0.762. The number of hydrogen-bond acceptors (Lipinski definition) is 3. The standard InChI is InChI=1S/C17H17N3O2/c1-3-8-19-14-6-5-12-13-9-11(10-22-17(18)21)4-7-15(13)20(2)16(12)14/h1,4,7,9H,5-6,8,10H2,2H3,(H2,18,21). The first-order valence-corrected chi connectivity index (χ1v) is 7.11. The lowest BCUT2D eigenvalue weighted by atomic mass is 10.1. The largest absolute Gasteiger partial charge is 0.445 e. The molecule has 1 heterocycles. The molecule has 112 valence electrons. The van der Waals surface area contributed by atoms with Gasteiger partial charge < -0.3 is 15.0 Å². The van der Waals surface area contributed by atoms with Crippen LogP contribution in [0, 0.1) is 12.3 Å². The van der Waals surface area contributed by atoms with E-state index < -0.39 is 6.09 Å². The number of hydrogen-bond donors (Lipinski definition) is 1. The monoisotopic (exact) mass is 295 g/mol. The number of nitrogens with zero attached hydrogens (tertiary/aromatic N) is 2. The number of carbonyl (C=O) groups excluding carboxylic acids is 1. The number of fused-ring (bicyclic) bond motifs is 3. The number of terminal acetylenes is 1. The summed E-state index contributed by atoms with van der Waals surface area (Å²) >= 11 is 0. The molecule has 0 aliphatic heterocycles. The minimum Gasteiger partial charge on any atom is -0.445 e. The third-order valence-corrected chi connectivity index (χ3v) is 4.00. The molecule has 0 spiro atoms. The van der Waals surface area contributed by atoms with Crippen LogP contribution in [0.1, 0.15) is 23.2 Å². The van der Waals surface area contributed by atoms with Crippen LogP contribution < -0.4 is 5.73 Å². The molecule has 0 atom stereocenters. The van der Waals surface area contributed by atoms with Crippen LogP contribution in [0.5, 0.6) is 0 Å². The fourth-order valence-electron chi connectivity index (χ4n) is 3.09. The van der Waals surface area contributed by atoms with E-state index >= 15 is 0 Å². The van der Waals surface area contributed by atoms with Crippen molar-refractivity contribution >= 4 is 22.7 Å². The van der Waals surface area contributed by atoms with Crippen molar-refractivity contribution in [2.75, 3.05) is 6.54 Å². The number of amides is 1. The maximum Gasteiger partial charge on any atom is 0.404 e. The zero-order chi connectivity index (χ0) is 15.7. The van der Waals surface area contributed by atoms with Gasteiger partial charge in [0.2, 0.25) is 0 Å². The van der Waals surface area contributed by atoms with Crippen LogP contribution in [0.2, 0.25) is 0 Å². The molecular formula is C17H17N3O2. The van der Waals surface area contributed by atoms with Crippen molar-refractivity contribution in [2.24, 2.45) is 17.8 Å². The topological polar surface area (TPSA) is 69.6 Å². The van der Waals surface area contributed by atoms with Gasteiger partial charge in [0, 0.05) is 18.0 Å². The molecule has 1 aliphatic carbocycles. The van der Waals surface area contributed by atoms with Crippen molar-refractivity contribution < 1.29 is 9.53 Å². The van der Waals surface area contributed by atoms with E-state index in [1.165, 1.54) is 16.6 Å². The number of aliphatic imine (C=N–C) groups is 1. The van der Waals surface area contributed by atoms with E-state index in [1.54, 1.807) is 0 Å². The Morgan fingerprint density at radius 1 is 1.50 bits per heavy atom. The Balaban J connectivity index is 2.05. The molecule has 1 amide bonds. The summed E-state index contributed by atoms with van der Waals surface area (Å²) in [7, 11) is 2.04. The summed E-state index contributed by atoms with van der Waals surface area (Å²) in [5.74, 6) is 2.56. The van der Waals surface area contributed by atoms with Gasteiger partial charge in [-0.25, -0.2) is 4.79 Å². The molecule has 0 bridgehead atoms. The van der Waals surface area contributed by atoms with Crippen LogP contribution in [-0.2, 0) is 24.8 Å². The summed E-state index contributed by atoms with van der Waals surface area (Å²) in [6.45, 7) is 0.598. The Morgan fingerprint density at radius 3 is 3.05 bits per heavy atom. The van der Waals surface area contributed by atoms with Gasteiger partial charge in [0.25, 0.3) is 0 Å². The van der Waals surface area contributed by atoms with Gasteiger partial charge in [-0.15, -0.1) is 6.42 Å². The second kappa shape index (κ2) is 5.57. The normalized spacial score (nSPS) is 15.0. The van der Waals surface area contributed by atoms with Crippen molar-refractivity contribution in [1.82, 2.24) is 4.57 Å². The number of nitrogens with two attached hydrogens (primary N) is 1. The lowest BCUT2D eigenvalue weighted by Gasteiger charge is -2.05. The van der Waals surface area contributed by atoms with Crippen LogP contribution >= 0.6 is 0 Å². The maximum absolute atomic E-state index is 10.7. The SMILES string of the molecule is C#CCN=C1CCc2c1n(C)c1ccc(COC(N)=O)cc21. The van der Waals surface area contributed by atoms with Gasteiger partial charge in [0.15, 0.2) is 0 Å². The highest BCUT2D eigenvalue weighted by Crippen LogP contribution is 2.33. The summed E-state index contributed by atoms with van der Waals surface area (Å²) in [4.78, 5) is 15.2. The number of carbonyl (C=O) groups is 1. The Hall–Kier alpha value is -2.74. The van der Waals surface area contributed by atoms with Gasteiger partial charge in [-0.2, -0.15) is 0 Å². The van der Waals surface area contributed by atoms with Gasteiger partial charge in [0.1, 0.15) is 6.61 Å². The highest BCUT2D eigenvalue weighted by atomic mass is 16.5. The van der Waals surface area contributed by atoms with E-state index in [0.29, 0.717) is 6.54 Å². The quantitative estimate of drug-likeness (QED) is 0.881. The number of rotatable bonds is 3. The van der Waals surface area contributed by atoms with E-state index in [-0.39, 0.29) is 6.61 Å². The van der Waals surface area contributed by atoms with Crippen molar-refractivity contribution in [3.63, 3.8) is 0 Å². The Morgan fingerprint density at radius 2 is 2.32 bits per heavy atom. The number of ether oxygens (including phenoxy) is 1. The van der Waals surface area contributed by atoms with Crippen LogP contribution in [0.25, 0.3) is 10.9 Å². The smallest absolute Gasteiger partial charge is 0.404 e. The minimum absolute atomic E-state index is 0.187. The van der Waals surface area contributed by atoms with Crippen molar-refractivity contribution in [1.29, 1.82) is 0 Å². The third-order valence-electron chi connectivity index (χ3n) is 4.00. The molecule has 0 unspecified atom stereocenters. The molecule has 1 aromatic carbocycles. The first-order chi connectivity index (χ1) is 10.6. The molecular weight excluding hydrogens is 278 g/mol. The second-order valence-electron chi connectivity index (χ2n) is 5.31. The highest BCUT2D eigenvalue weighted by molar-refractivity contribution is 6.09. The lowest BCUT2D eigenvalue weighted by molar-refractivity contribution is 0.150. The number of aromatic nitrogens is 1. The summed E-state index contributed by atoms with van der Waals surface area (Å²) < 4.78 is 7.02. The third kappa shape index (κ3) is 2.33. The first-order valence-electron chi connectivity index (χ1n) is 7.11. The van der Waals surface area contributed by atoms with Crippen molar-refractivity contribution in [2.45, 2.75) is 19.4 Å². The first kappa shape index (κ1) is 14.2. The predicted octanol–water partition coefficient (Wildman–Crippen LogP) is 2.14. The number of benzene rings is 1. The summed E-state index contributed by atoms with van der Waals surface area (Å²) in [5, 5.41) is 1.17. The Labute approximate surface area is 128 Å². The predicted molar refractivity (Wildman–Crippen MR) is 85.8 cm³/mol. The molecule has 1 aromatic heterocycles. The molecule has 0 fully saturated rings. The molecule has 2 aromatic rings. The van der Waals surface area contributed by atoms with E-state index in [0.717, 1.165) is 29.6 Å². The molecule has 2 N–H and O–H groups in total. The molecule has 0 saturated heterocycles. The molecule has 1 aliphatic rings. The Bertz CT molecular complexity index is 825. The van der Waals surface area contributed by atoms with Crippen LogP contribution in [0.3, 0.4) is 0 Å². The van der Waals surface area contributed by atoms with E-state index in [2.05, 4.69) is 21.5 Å². The molecule has 22 heavy (non-hydrogen) atoms. The molecule has 5 nitrogen and oxygen atoms in total. The van der Waals surface area contributed by atoms with Gasteiger partial charge in [-0.3, -0.25) is 4.99 Å². The van der Waals surface area contributed by atoms with Gasteiger partial charge in [0.05, 0.1) is 18.0 Å². The highest BCUT2D eigenvalue weighted by Gasteiger charge is 2.25. The molecule has 0 radical (unpaired) electrons. The zero-order valence-electron chi connectivity index (χ0n) is 12.4. The van der Waals surface area contributed by atoms with Crippen LogP contribution in [-0.4, -0.2) is 22.9 Å². The summed E-state index contributed by atoms with van der Waals surface area (Å²) in [6, 6.07) is 6.03. The summed E-state index contributed by atoms with van der Waals surface area (Å²) in [6.07, 6.45) is 6.41. The number of primary amides is 1. The fourth-order valence-corrected chi connectivity index (χ4v) is 3.09. The molecule has 0 saturated carbocycles. The zero-order valence-corrected chi connectivity index (χ0v) is 12.4. The van der Waals surface area contributed by atoms with E-state index in [9.17, 15) is 4.79 Å². The van der Waals surface area contributed by atoms with Gasteiger partial charge in [-0.05, 0) is 36.1 Å². The average Bonchev–Trinajstić information content (AvgIpc) is 3.04. The van der Waals surface area contributed by atoms with Gasteiger partial charge in [-0.1, -0.05) is 12.0 Å². The van der Waals surface area contributed by atoms with Crippen LogP contribution in [0.15, 0.2) is 23.2 Å². The van der Waals surface area contributed by atoms with Crippen LogP contribution in [0.4, 0.5) is 4.79 Å². The number of aryl methyl sites for hydroxylation is 2. The summed E-state index contributed by atoms with van der Waals surface area (Å²) in [5.41, 5.74) is 10.6. The lowest BCUT2D eigenvalue weighted by Crippen LogP contribution is -2.12. The second-order valence-corrected chi connectivity index (χ2v) is 5.31. The van der Waals surface area contributed by atoms with E-state index in [4.69, 9.17) is 16.9 Å². The molecule has 5 heteroatoms. The van der Waals surface area contributed by atoms with Crippen molar-refractivity contribution in [3.05, 3.63) is 35.0 Å². The maximum atomic E-state index is 10.7. The van der Waals surface area contributed by atoms with Crippen molar-refractivity contribution in [3.8, 4) is 12.3 Å². The Kier molecular flexibility index (Phi) is 3.60.